The molecule has 2 rings (SSSR count). The number of non-ortho nitro benzene ring substituents is 1. The van der Waals surface area contributed by atoms with Crippen LogP contribution in [0.1, 0.15) is 19.4 Å². The molecule has 1 atom stereocenters. The number of nitrogens with one attached hydrogen (secondary N) is 2. The maximum absolute atomic E-state index is 11.6. The highest BCUT2D eigenvalue weighted by Gasteiger charge is 2.30. The molecule has 13 heteroatoms. The van der Waals surface area contributed by atoms with Gasteiger partial charge in [0.25, 0.3) is 5.69 Å². The van der Waals surface area contributed by atoms with Crippen LogP contribution in [-0.4, -0.2) is 41.9 Å². The van der Waals surface area contributed by atoms with Crippen molar-refractivity contribution in [2.45, 2.75) is 26.2 Å². The molecular weight excluding hydrogens is 435 g/mol. The Hall–Kier alpha value is -1.85. The standard InChI is InChI=1S/C13H17N4O7P.BrH/c1-3-16(7(2)25(22,23)24)6-8-4-9(17(20)21)5-10-11(8)15-13(19)12(18)14-10;/h4-5,7H,3,6H2,1-2H3,(H,14,18)(H,15,19)(H2,22,23,24);1H. The van der Waals surface area contributed by atoms with Crippen LogP contribution in [-0.2, 0) is 11.1 Å². The van der Waals surface area contributed by atoms with E-state index in [0.717, 1.165) is 6.07 Å². The van der Waals surface area contributed by atoms with Crippen LogP contribution in [0.15, 0.2) is 21.7 Å². The Kier molecular flexibility index (Phi) is 7.02. The van der Waals surface area contributed by atoms with Crippen molar-refractivity contribution in [2.75, 3.05) is 6.54 Å². The number of hydrogen-bond donors (Lipinski definition) is 4. The van der Waals surface area contributed by atoms with E-state index in [-0.39, 0.29) is 52.4 Å². The topological polar surface area (TPSA) is 170 Å². The zero-order valence-electron chi connectivity index (χ0n) is 13.8. The largest absolute Gasteiger partial charge is 0.342 e. The number of H-pyrrole nitrogens is 2. The molecular formula is C13H18BrN4O7P. The molecule has 2 aromatic rings. The van der Waals surface area contributed by atoms with Gasteiger partial charge in [-0.2, -0.15) is 0 Å². The number of rotatable bonds is 6. The van der Waals surface area contributed by atoms with Crippen LogP contribution in [0.2, 0.25) is 0 Å². The van der Waals surface area contributed by atoms with E-state index in [2.05, 4.69) is 9.97 Å². The Morgan fingerprint density at radius 2 is 1.85 bits per heavy atom. The predicted octanol–water partition coefficient (Wildman–Crippen LogP) is 1.05. The van der Waals surface area contributed by atoms with E-state index >= 15 is 0 Å². The average Bonchev–Trinajstić information content (AvgIpc) is 2.52. The van der Waals surface area contributed by atoms with Gasteiger partial charge < -0.3 is 19.8 Å². The molecule has 144 valence electrons. The van der Waals surface area contributed by atoms with Gasteiger partial charge in [0.15, 0.2) is 0 Å². The molecule has 0 spiro atoms. The first-order valence-electron chi connectivity index (χ1n) is 7.27. The molecule has 1 aromatic carbocycles. The molecule has 1 unspecified atom stereocenters. The van der Waals surface area contributed by atoms with Gasteiger partial charge in [0, 0.05) is 18.7 Å². The lowest BCUT2D eigenvalue weighted by molar-refractivity contribution is -0.384. The molecule has 0 radical (unpaired) electrons. The second kappa shape index (κ2) is 8.23. The fourth-order valence-electron chi connectivity index (χ4n) is 2.45. The summed E-state index contributed by atoms with van der Waals surface area (Å²) in [4.78, 5) is 58.2. The Morgan fingerprint density at radius 3 is 2.35 bits per heavy atom. The summed E-state index contributed by atoms with van der Waals surface area (Å²) in [5, 5.41) is 11.1. The van der Waals surface area contributed by atoms with E-state index < -0.39 is 29.4 Å². The highest BCUT2D eigenvalue weighted by molar-refractivity contribution is 8.93. The first-order chi connectivity index (χ1) is 11.5. The monoisotopic (exact) mass is 452 g/mol. The van der Waals surface area contributed by atoms with Crippen molar-refractivity contribution in [3.8, 4) is 0 Å². The smallest absolute Gasteiger partial charge is 0.323 e. The molecule has 0 bridgehead atoms. The van der Waals surface area contributed by atoms with Crippen molar-refractivity contribution in [3.05, 3.63) is 48.5 Å². The van der Waals surface area contributed by atoms with Crippen molar-refractivity contribution >= 4 is 41.3 Å². The molecule has 0 aliphatic rings. The molecule has 4 N–H and O–H groups in total. The first-order valence-corrected chi connectivity index (χ1v) is 8.95. The number of benzene rings is 1. The third-order valence-electron chi connectivity index (χ3n) is 3.90. The third-order valence-corrected chi connectivity index (χ3v) is 5.20. The predicted molar refractivity (Wildman–Crippen MR) is 99.8 cm³/mol. The van der Waals surface area contributed by atoms with E-state index in [4.69, 9.17) is 0 Å². The van der Waals surface area contributed by atoms with Crippen molar-refractivity contribution in [3.63, 3.8) is 0 Å². The molecule has 26 heavy (non-hydrogen) atoms. The number of nitro benzene ring substituents is 1. The minimum atomic E-state index is -4.41. The lowest BCUT2D eigenvalue weighted by Crippen LogP contribution is -2.33. The fraction of sp³-hybridized carbons (Fsp3) is 0.385. The van der Waals surface area contributed by atoms with Gasteiger partial charge in [0.1, 0.15) is 5.78 Å². The van der Waals surface area contributed by atoms with Crippen LogP contribution in [0.5, 0.6) is 0 Å². The lowest BCUT2D eigenvalue weighted by atomic mass is 10.1. The van der Waals surface area contributed by atoms with Crippen molar-refractivity contribution < 1.29 is 19.3 Å². The Morgan fingerprint density at radius 1 is 1.27 bits per heavy atom. The Bertz CT molecular complexity index is 983. The third kappa shape index (κ3) is 4.65. The quantitative estimate of drug-likeness (QED) is 0.218. The molecule has 0 saturated heterocycles. The maximum atomic E-state index is 11.6. The number of halogens is 1. The molecule has 0 aliphatic heterocycles. The highest BCUT2D eigenvalue weighted by atomic mass is 79.9. The zero-order valence-corrected chi connectivity index (χ0v) is 16.4. The van der Waals surface area contributed by atoms with Gasteiger partial charge in [-0.15, -0.1) is 17.0 Å². The van der Waals surface area contributed by atoms with E-state index in [9.17, 15) is 34.1 Å². The van der Waals surface area contributed by atoms with E-state index in [1.54, 1.807) is 6.92 Å². The molecule has 0 amide bonds. The van der Waals surface area contributed by atoms with E-state index in [1.807, 2.05) is 0 Å². The van der Waals surface area contributed by atoms with Crippen LogP contribution >= 0.6 is 24.6 Å². The fourth-order valence-corrected chi connectivity index (χ4v) is 3.12. The van der Waals surface area contributed by atoms with E-state index in [0.29, 0.717) is 0 Å². The highest BCUT2D eigenvalue weighted by Crippen LogP contribution is 2.43. The van der Waals surface area contributed by atoms with Crippen LogP contribution in [0.25, 0.3) is 11.0 Å². The van der Waals surface area contributed by atoms with E-state index in [1.165, 1.54) is 17.9 Å². The molecule has 11 nitrogen and oxygen atoms in total. The van der Waals surface area contributed by atoms with Gasteiger partial charge in [-0.05, 0) is 19.0 Å². The van der Waals surface area contributed by atoms with Crippen molar-refractivity contribution in [1.82, 2.24) is 14.9 Å². The summed E-state index contributed by atoms with van der Waals surface area (Å²) in [5.74, 6) is -1.12. The molecule has 1 heterocycles. The lowest BCUT2D eigenvalue weighted by Gasteiger charge is -2.28. The second-order valence-corrected chi connectivity index (χ2v) is 7.40. The van der Waals surface area contributed by atoms with Crippen molar-refractivity contribution in [1.29, 1.82) is 0 Å². The summed E-state index contributed by atoms with van der Waals surface area (Å²) in [6, 6.07) is 2.31. The average molecular weight is 453 g/mol. The second-order valence-electron chi connectivity index (χ2n) is 5.48. The van der Waals surface area contributed by atoms with Gasteiger partial charge >= 0.3 is 18.7 Å². The van der Waals surface area contributed by atoms with Crippen LogP contribution in [0.4, 0.5) is 5.69 Å². The normalized spacial score (nSPS) is 12.8. The number of fused-ring (bicyclic) bond motifs is 1. The summed E-state index contributed by atoms with van der Waals surface area (Å²) >= 11 is 0. The maximum Gasteiger partial charge on any atom is 0.342 e. The van der Waals surface area contributed by atoms with Gasteiger partial charge in [-0.1, -0.05) is 6.92 Å². The van der Waals surface area contributed by atoms with Gasteiger partial charge in [0.2, 0.25) is 0 Å². The number of aromatic amines is 2. The minimum Gasteiger partial charge on any atom is -0.323 e. The van der Waals surface area contributed by atoms with Crippen LogP contribution in [0.3, 0.4) is 0 Å². The summed E-state index contributed by atoms with van der Waals surface area (Å²) in [5.41, 5.74) is -1.69. The molecule has 0 fully saturated rings. The van der Waals surface area contributed by atoms with Crippen LogP contribution in [0, 0.1) is 10.1 Å². The SMILES string of the molecule is Br.CCN(Cc1cc([N+](=O)[O-])cc2[nH]c(=O)c(=O)[nH]c12)C(C)P(=O)(O)O. The number of aromatic nitrogens is 2. The van der Waals surface area contributed by atoms with Gasteiger partial charge in [0.05, 0.1) is 16.0 Å². The number of nitro groups is 1. The number of nitrogens with zero attached hydrogens (tertiary/aromatic N) is 2. The first kappa shape index (κ1) is 22.2. The van der Waals surface area contributed by atoms with Gasteiger partial charge in [-0.3, -0.25) is 29.2 Å². The molecule has 0 aliphatic carbocycles. The summed E-state index contributed by atoms with van der Waals surface area (Å²) in [6.45, 7) is 3.21. The molecule has 0 saturated carbocycles. The molecule has 1 aromatic heterocycles. The summed E-state index contributed by atoms with van der Waals surface area (Å²) in [7, 11) is -4.41. The minimum absolute atomic E-state index is 0. The number of hydrogen-bond acceptors (Lipinski definition) is 6. The summed E-state index contributed by atoms with van der Waals surface area (Å²) < 4.78 is 11.5. The van der Waals surface area contributed by atoms with Gasteiger partial charge in [-0.25, -0.2) is 0 Å². The Labute approximate surface area is 157 Å². The van der Waals surface area contributed by atoms with Crippen molar-refractivity contribution in [2.24, 2.45) is 0 Å². The zero-order chi connectivity index (χ0) is 18.9. The van der Waals surface area contributed by atoms with Crippen LogP contribution < -0.4 is 11.1 Å². The Balaban J connectivity index is 0.00000338. The summed E-state index contributed by atoms with van der Waals surface area (Å²) in [6.07, 6.45) is 0.